The van der Waals surface area contributed by atoms with Crippen LogP contribution in [0.3, 0.4) is 0 Å². The first-order valence-corrected chi connectivity index (χ1v) is 6.05. The molecule has 0 aromatic carbocycles. The number of aromatic nitrogens is 1. The summed E-state index contributed by atoms with van der Waals surface area (Å²) in [6, 6.07) is 1.78. The summed E-state index contributed by atoms with van der Waals surface area (Å²) in [7, 11) is 0. The van der Waals surface area contributed by atoms with Crippen LogP contribution in [-0.2, 0) is 0 Å². The lowest BCUT2D eigenvalue weighted by Gasteiger charge is -2.31. The van der Waals surface area contributed by atoms with Gasteiger partial charge in [0.1, 0.15) is 5.75 Å². The third-order valence-electron chi connectivity index (χ3n) is 3.24. The molecule has 1 aliphatic heterocycles. The molecule has 1 atom stereocenters. The zero-order valence-electron chi connectivity index (χ0n) is 10.3. The Labute approximate surface area is 101 Å². The molecule has 0 radical (unpaired) electrons. The molecule has 1 saturated heterocycles. The van der Waals surface area contributed by atoms with Crippen molar-refractivity contribution in [1.29, 1.82) is 0 Å². The van der Waals surface area contributed by atoms with Crippen molar-refractivity contribution < 1.29 is 9.53 Å². The monoisotopic (exact) mass is 234 g/mol. The summed E-state index contributed by atoms with van der Waals surface area (Å²) in [6.45, 7) is 6.36. The first-order chi connectivity index (χ1) is 8.22. The van der Waals surface area contributed by atoms with E-state index in [4.69, 9.17) is 4.74 Å². The molecule has 17 heavy (non-hydrogen) atoms. The molecular weight excluding hydrogens is 216 g/mol. The highest BCUT2D eigenvalue weighted by Gasteiger charge is 2.29. The van der Waals surface area contributed by atoms with Crippen molar-refractivity contribution in [2.75, 3.05) is 19.7 Å². The second-order valence-electron chi connectivity index (χ2n) is 4.41. The second-order valence-corrected chi connectivity index (χ2v) is 4.41. The minimum Gasteiger partial charge on any atom is -0.492 e. The van der Waals surface area contributed by atoms with Crippen LogP contribution in [0.15, 0.2) is 18.5 Å². The van der Waals surface area contributed by atoms with Crippen molar-refractivity contribution >= 4 is 5.78 Å². The van der Waals surface area contributed by atoms with Crippen molar-refractivity contribution in [3.05, 3.63) is 24.0 Å². The van der Waals surface area contributed by atoms with Gasteiger partial charge in [0.15, 0.2) is 5.78 Å². The van der Waals surface area contributed by atoms with E-state index in [9.17, 15) is 4.79 Å². The largest absolute Gasteiger partial charge is 0.492 e. The third-order valence-corrected chi connectivity index (χ3v) is 3.24. The Kier molecular flexibility index (Phi) is 3.74. The fraction of sp³-hybridized carbons (Fsp3) is 0.538. The summed E-state index contributed by atoms with van der Waals surface area (Å²) in [5.41, 5.74) is 0.648. The molecule has 4 heteroatoms. The lowest BCUT2D eigenvalue weighted by Crippen LogP contribution is -2.47. The van der Waals surface area contributed by atoms with Gasteiger partial charge in [0.05, 0.1) is 12.8 Å². The zero-order chi connectivity index (χ0) is 12.3. The van der Waals surface area contributed by atoms with Crippen LogP contribution in [0.4, 0.5) is 0 Å². The fourth-order valence-corrected chi connectivity index (χ4v) is 1.94. The van der Waals surface area contributed by atoms with Gasteiger partial charge in [0.2, 0.25) is 0 Å². The number of nitrogens with zero attached hydrogens (tertiary/aromatic N) is 1. The van der Waals surface area contributed by atoms with E-state index >= 15 is 0 Å². The summed E-state index contributed by atoms with van der Waals surface area (Å²) in [4.78, 5) is 16.3. The van der Waals surface area contributed by atoms with E-state index in [2.05, 4.69) is 10.3 Å². The van der Waals surface area contributed by atoms with Crippen molar-refractivity contribution in [2.24, 2.45) is 11.8 Å². The second kappa shape index (κ2) is 5.27. The summed E-state index contributed by atoms with van der Waals surface area (Å²) in [5.74, 6) is 1.33. The molecule has 1 unspecified atom stereocenters. The SMILES string of the molecule is CCOc1cncc(C(=O)C(C)C2CNC2)c1. The van der Waals surface area contributed by atoms with Crippen LogP contribution >= 0.6 is 0 Å². The summed E-state index contributed by atoms with van der Waals surface area (Å²) >= 11 is 0. The highest BCUT2D eigenvalue weighted by Crippen LogP contribution is 2.22. The number of carbonyl (C=O) groups excluding carboxylic acids is 1. The number of ketones is 1. The van der Waals surface area contributed by atoms with Crippen molar-refractivity contribution in [1.82, 2.24) is 10.3 Å². The van der Waals surface area contributed by atoms with Gasteiger partial charge in [0.25, 0.3) is 0 Å². The van der Waals surface area contributed by atoms with Gasteiger partial charge in [0, 0.05) is 17.7 Å². The molecule has 0 amide bonds. The predicted octanol–water partition coefficient (Wildman–Crippen LogP) is 1.52. The van der Waals surface area contributed by atoms with Gasteiger partial charge in [-0.3, -0.25) is 9.78 Å². The Hall–Kier alpha value is -1.42. The van der Waals surface area contributed by atoms with Crippen LogP contribution in [0.25, 0.3) is 0 Å². The Balaban J connectivity index is 2.09. The zero-order valence-corrected chi connectivity index (χ0v) is 10.3. The number of ether oxygens (including phenoxy) is 1. The highest BCUT2D eigenvalue weighted by molar-refractivity contribution is 5.97. The number of hydrogen-bond acceptors (Lipinski definition) is 4. The molecule has 0 spiro atoms. The van der Waals surface area contributed by atoms with Gasteiger partial charge < -0.3 is 10.1 Å². The Morgan fingerprint density at radius 1 is 1.59 bits per heavy atom. The average molecular weight is 234 g/mol. The minimum absolute atomic E-state index is 0.0509. The van der Waals surface area contributed by atoms with Crippen LogP contribution in [0.1, 0.15) is 24.2 Å². The maximum absolute atomic E-state index is 12.2. The molecular formula is C13H18N2O2. The normalized spacial score (nSPS) is 17.3. The molecule has 0 aliphatic carbocycles. The molecule has 2 rings (SSSR count). The van der Waals surface area contributed by atoms with Gasteiger partial charge >= 0.3 is 0 Å². The van der Waals surface area contributed by atoms with Crippen molar-refractivity contribution in [2.45, 2.75) is 13.8 Å². The Morgan fingerprint density at radius 3 is 2.94 bits per heavy atom. The van der Waals surface area contributed by atoms with E-state index in [1.165, 1.54) is 0 Å². The summed E-state index contributed by atoms with van der Waals surface area (Å²) in [6.07, 6.45) is 3.25. The fourth-order valence-electron chi connectivity index (χ4n) is 1.94. The minimum atomic E-state index is 0.0509. The van der Waals surface area contributed by atoms with Crippen LogP contribution in [-0.4, -0.2) is 30.5 Å². The quantitative estimate of drug-likeness (QED) is 0.785. The van der Waals surface area contributed by atoms with Gasteiger partial charge in [-0.2, -0.15) is 0 Å². The average Bonchev–Trinajstić information content (AvgIpc) is 2.26. The molecule has 1 N–H and O–H groups in total. The molecule has 1 aromatic heterocycles. The number of hydrogen-bond donors (Lipinski definition) is 1. The van der Waals surface area contributed by atoms with Crippen LogP contribution in [0.5, 0.6) is 5.75 Å². The van der Waals surface area contributed by atoms with E-state index in [0.717, 1.165) is 13.1 Å². The van der Waals surface area contributed by atoms with E-state index in [1.54, 1.807) is 18.5 Å². The molecule has 1 aromatic rings. The standard InChI is InChI=1S/C13H18N2O2/c1-3-17-12-4-10(5-15-8-12)13(16)9(2)11-6-14-7-11/h4-5,8-9,11,14H,3,6-7H2,1-2H3. The summed E-state index contributed by atoms with van der Waals surface area (Å²) < 4.78 is 5.35. The van der Waals surface area contributed by atoms with Crippen LogP contribution < -0.4 is 10.1 Å². The van der Waals surface area contributed by atoms with Gasteiger partial charge in [-0.05, 0) is 32.0 Å². The van der Waals surface area contributed by atoms with Crippen LogP contribution in [0, 0.1) is 11.8 Å². The molecule has 2 heterocycles. The molecule has 0 saturated carbocycles. The summed E-state index contributed by atoms with van der Waals surface area (Å²) in [5, 5.41) is 3.19. The number of nitrogens with one attached hydrogen (secondary N) is 1. The van der Waals surface area contributed by atoms with Crippen molar-refractivity contribution in [3.8, 4) is 5.75 Å². The van der Waals surface area contributed by atoms with Crippen molar-refractivity contribution in [3.63, 3.8) is 0 Å². The number of Topliss-reactive ketones (excluding diaryl/α,β-unsaturated/α-hetero) is 1. The number of pyridine rings is 1. The van der Waals surface area contributed by atoms with Gasteiger partial charge in [-0.15, -0.1) is 0 Å². The molecule has 1 aliphatic rings. The molecule has 0 bridgehead atoms. The first kappa shape index (κ1) is 12.0. The molecule has 4 nitrogen and oxygen atoms in total. The molecule has 1 fully saturated rings. The number of rotatable bonds is 5. The Bertz CT molecular complexity index is 402. The lowest BCUT2D eigenvalue weighted by atomic mass is 9.84. The first-order valence-electron chi connectivity index (χ1n) is 6.05. The van der Waals surface area contributed by atoms with Gasteiger partial charge in [-0.1, -0.05) is 6.92 Å². The maximum Gasteiger partial charge on any atom is 0.167 e. The third kappa shape index (κ3) is 2.64. The van der Waals surface area contributed by atoms with E-state index < -0.39 is 0 Å². The van der Waals surface area contributed by atoms with Crippen LogP contribution in [0.2, 0.25) is 0 Å². The predicted molar refractivity (Wildman–Crippen MR) is 65.3 cm³/mol. The highest BCUT2D eigenvalue weighted by atomic mass is 16.5. The smallest absolute Gasteiger partial charge is 0.167 e. The van der Waals surface area contributed by atoms with E-state index in [-0.39, 0.29) is 11.7 Å². The Morgan fingerprint density at radius 2 is 2.35 bits per heavy atom. The maximum atomic E-state index is 12.2. The molecule has 92 valence electrons. The lowest BCUT2D eigenvalue weighted by molar-refractivity contribution is 0.0853. The number of carbonyl (C=O) groups is 1. The van der Waals surface area contributed by atoms with E-state index in [0.29, 0.717) is 23.8 Å². The van der Waals surface area contributed by atoms with Gasteiger partial charge in [-0.25, -0.2) is 0 Å². The topological polar surface area (TPSA) is 51.2 Å². The van der Waals surface area contributed by atoms with E-state index in [1.807, 2.05) is 13.8 Å².